The molecule has 4 N–H and O–H groups in total. The lowest BCUT2D eigenvalue weighted by Gasteiger charge is -2.40. The lowest BCUT2D eigenvalue weighted by atomic mass is 9.87. The van der Waals surface area contributed by atoms with Crippen LogP contribution in [0.3, 0.4) is 0 Å². The molecule has 3 fully saturated rings. The molecule has 1 aromatic heterocycles. The zero-order chi connectivity index (χ0) is 55.3. The number of aromatic nitrogens is 2. The summed E-state index contributed by atoms with van der Waals surface area (Å²) >= 11 is 13.0. The number of likely N-dealkylation sites (N-methyl/N-ethyl adjacent to an activating group) is 2. The number of halogens is 2. The van der Waals surface area contributed by atoms with Gasteiger partial charge in [-0.15, -0.1) is 0 Å². The minimum absolute atomic E-state index is 0.0583. The molecule has 0 unspecified atom stereocenters. The Morgan fingerprint density at radius 2 is 1.45 bits per heavy atom. The maximum Gasteiger partial charge on any atom is 0.247 e. The van der Waals surface area contributed by atoms with Gasteiger partial charge in [0.15, 0.2) is 0 Å². The molecule has 5 amide bonds. The van der Waals surface area contributed by atoms with Crippen LogP contribution < -0.4 is 21.1 Å². The van der Waals surface area contributed by atoms with Crippen LogP contribution in [-0.2, 0) is 61.7 Å². The first-order valence-corrected chi connectivity index (χ1v) is 28.1. The van der Waals surface area contributed by atoms with Crippen LogP contribution in [0.5, 0.6) is 11.5 Å². The Balaban J connectivity index is 1.17. The topological polar surface area (TPSA) is 185 Å². The van der Waals surface area contributed by atoms with Crippen molar-refractivity contribution in [3.63, 3.8) is 0 Å². The summed E-state index contributed by atoms with van der Waals surface area (Å²) in [6, 6.07) is 25.8. The average Bonchev–Trinajstić information content (AvgIpc) is 4.10. The summed E-state index contributed by atoms with van der Waals surface area (Å²) in [5.74, 6) is -1.09. The summed E-state index contributed by atoms with van der Waals surface area (Å²) in [7, 11) is 6.84. The highest BCUT2D eigenvalue weighted by atomic mass is 35.5. The number of likely N-dealkylation sites (tertiary alicyclic amines) is 1. The van der Waals surface area contributed by atoms with Crippen LogP contribution in [0.2, 0.25) is 10.0 Å². The smallest absolute Gasteiger partial charge is 0.247 e. The van der Waals surface area contributed by atoms with Gasteiger partial charge in [0.2, 0.25) is 29.5 Å². The van der Waals surface area contributed by atoms with E-state index in [2.05, 4.69) is 20.1 Å². The standard InChI is InChI=1S/C60H75Cl2N9O7/c1-67-47(32-41-18-23-45(61)24-19-41)35-56(72)65-49-15-8-9-16-51(49)69(3)59(75)44(31-40-13-6-5-7-14-40)33-57(73)71(52(17-12-28-63)58(74)66-50(39-77-4)60(67)76)37-43-20-25-46(62)34-54(43)78-48-26-21-42(22-27-48)53-36-64-55(68(53)2)38-70-29-10-11-30-70/h5-7,13-14,18-27,34,36,44,47,49-52H,8-12,15-17,28-33,35,37-39,63H2,1-4H3,(H,65,72)(H,66,74)/t44-,47+,49+,50+,51+,52+/m1/s1. The van der Waals surface area contributed by atoms with E-state index in [0.29, 0.717) is 52.8 Å². The fourth-order valence-corrected chi connectivity index (χ4v) is 11.6. The Bertz CT molecular complexity index is 2830. The molecule has 2 aliphatic heterocycles. The van der Waals surface area contributed by atoms with Gasteiger partial charge in [0.05, 0.1) is 43.5 Å². The molecule has 6 atom stereocenters. The molecule has 4 aromatic carbocycles. The lowest BCUT2D eigenvalue weighted by Crippen LogP contribution is -2.59. The van der Waals surface area contributed by atoms with Crippen LogP contribution in [-0.4, -0.2) is 136 Å². The highest BCUT2D eigenvalue weighted by molar-refractivity contribution is 6.31. The van der Waals surface area contributed by atoms with Gasteiger partial charge in [-0.1, -0.05) is 84.6 Å². The van der Waals surface area contributed by atoms with E-state index in [1.54, 1.807) is 49.3 Å². The SMILES string of the molecule is COC[C@@H]1NC(=O)[C@H](CCCN)N(Cc2ccc(Cl)cc2Oc2ccc(-c3cnc(CN4CCCC4)n3C)cc2)C(=O)C[C@@H](Cc2ccccc2)C(=O)N(C)[C@H]2CCCC[C@@H]2NC(=O)C[C@H](Cc2ccc(Cl)cc2)N(C)C1=O. The van der Waals surface area contributed by atoms with Gasteiger partial charge in [-0.2, -0.15) is 0 Å². The van der Waals surface area contributed by atoms with E-state index in [4.69, 9.17) is 43.4 Å². The summed E-state index contributed by atoms with van der Waals surface area (Å²) in [5.41, 5.74) is 10.4. The molecule has 78 heavy (non-hydrogen) atoms. The van der Waals surface area contributed by atoms with E-state index < -0.39 is 41.8 Å². The van der Waals surface area contributed by atoms with E-state index in [1.165, 1.54) is 29.8 Å². The average molecular weight is 1110 g/mol. The predicted molar refractivity (Wildman–Crippen MR) is 303 cm³/mol. The summed E-state index contributed by atoms with van der Waals surface area (Å²) in [5, 5.41) is 7.17. The number of carbonyl (C=O) groups excluding carboxylic acids is 5. The van der Waals surface area contributed by atoms with Crippen molar-refractivity contribution in [3.05, 3.63) is 136 Å². The summed E-state index contributed by atoms with van der Waals surface area (Å²) < 4.78 is 14.3. The molecule has 416 valence electrons. The van der Waals surface area contributed by atoms with Crippen molar-refractivity contribution < 1.29 is 33.4 Å². The lowest BCUT2D eigenvalue weighted by molar-refractivity contribution is -0.148. The maximum absolute atomic E-state index is 15.6. The second-order valence-corrected chi connectivity index (χ2v) is 22.0. The fraction of sp³-hybridized carbons (Fsp3) is 0.467. The second kappa shape index (κ2) is 27.5. The van der Waals surface area contributed by atoms with Gasteiger partial charge >= 0.3 is 0 Å². The van der Waals surface area contributed by atoms with Gasteiger partial charge in [0.25, 0.3) is 0 Å². The second-order valence-electron chi connectivity index (χ2n) is 21.2. The molecular weight excluding hydrogens is 1030 g/mol. The van der Waals surface area contributed by atoms with Crippen molar-refractivity contribution in [1.29, 1.82) is 0 Å². The molecule has 1 aliphatic carbocycles. The number of carbonyl (C=O) groups is 5. The number of imidazole rings is 1. The Morgan fingerprint density at radius 3 is 2.17 bits per heavy atom. The third-order valence-electron chi connectivity index (χ3n) is 15.7. The molecule has 1 saturated carbocycles. The van der Waals surface area contributed by atoms with Crippen molar-refractivity contribution in [2.75, 3.05) is 47.4 Å². The molecule has 0 radical (unpaired) electrons. The van der Waals surface area contributed by atoms with Crippen molar-refractivity contribution >= 4 is 52.7 Å². The first kappa shape index (κ1) is 57.9. The number of nitrogens with two attached hydrogens (primary N) is 1. The van der Waals surface area contributed by atoms with Gasteiger partial charge in [0.1, 0.15) is 29.4 Å². The molecule has 3 heterocycles. The molecule has 16 nitrogen and oxygen atoms in total. The van der Waals surface area contributed by atoms with E-state index in [-0.39, 0.29) is 69.3 Å². The number of methoxy groups -OCH3 is 1. The van der Waals surface area contributed by atoms with Crippen molar-refractivity contribution in [2.45, 2.75) is 120 Å². The van der Waals surface area contributed by atoms with Crippen molar-refractivity contribution in [1.82, 2.24) is 39.8 Å². The predicted octanol–water partition coefficient (Wildman–Crippen LogP) is 7.96. The molecule has 2 saturated heterocycles. The van der Waals surface area contributed by atoms with E-state index >= 15 is 14.4 Å². The van der Waals surface area contributed by atoms with Crippen LogP contribution in [0.15, 0.2) is 103 Å². The van der Waals surface area contributed by atoms with Crippen LogP contribution in [0.1, 0.15) is 86.7 Å². The molecule has 18 heteroatoms. The van der Waals surface area contributed by atoms with E-state index in [0.717, 1.165) is 60.7 Å². The molecular formula is C60H75Cl2N9O7. The Hall–Kier alpha value is -6.30. The van der Waals surface area contributed by atoms with E-state index in [9.17, 15) is 9.59 Å². The summed E-state index contributed by atoms with van der Waals surface area (Å²) in [6.07, 6.45) is 7.96. The zero-order valence-corrected chi connectivity index (χ0v) is 46.9. The molecule has 0 bridgehead atoms. The van der Waals surface area contributed by atoms with Crippen LogP contribution in [0.25, 0.3) is 11.3 Å². The first-order valence-electron chi connectivity index (χ1n) is 27.4. The minimum Gasteiger partial charge on any atom is -0.457 e. The number of nitrogens with zero attached hydrogens (tertiary/aromatic N) is 6. The van der Waals surface area contributed by atoms with Gasteiger partial charge in [-0.25, -0.2) is 4.98 Å². The monoisotopic (exact) mass is 1100 g/mol. The third-order valence-corrected chi connectivity index (χ3v) is 16.2. The molecule has 3 aliphatic rings. The Morgan fingerprint density at radius 1 is 0.744 bits per heavy atom. The number of fused-ring (bicyclic) bond motifs is 1. The number of hydrogen-bond acceptors (Lipinski definition) is 10. The number of benzene rings is 4. The molecule has 5 aromatic rings. The maximum atomic E-state index is 15.6. The normalized spacial score (nSPS) is 22.4. The highest BCUT2D eigenvalue weighted by Gasteiger charge is 2.40. The van der Waals surface area contributed by atoms with E-state index in [1.807, 2.05) is 80.0 Å². The zero-order valence-electron chi connectivity index (χ0n) is 45.4. The number of ether oxygens (including phenoxy) is 2. The number of hydrogen-bond donors (Lipinski definition) is 3. The van der Waals surface area contributed by atoms with Gasteiger partial charge < -0.3 is 45.1 Å². The Kier molecular flexibility index (Phi) is 20.4. The fourth-order valence-electron chi connectivity index (χ4n) is 11.3. The van der Waals surface area contributed by atoms with Gasteiger partial charge in [-0.05, 0) is 131 Å². The first-order chi connectivity index (χ1) is 37.7. The Labute approximate surface area is 468 Å². The largest absolute Gasteiger partial charge is 0.457 e. The third kappa shape index (κ3) is 14.9. The number of rotatable bonds is 16. The highest BCUT2D eigenvalue weighted by Crippen LogP contribution is 2.34. The van der Waals surface area contributed by atoms with Gasteiger partial charge in [-0.3, -0.25) is 28.9 Å². The van der Waals surface area contributed by atoms with Crippen molar-refractivity contribution in [3.8, 4) is 22.8 Å². The van der Waals surface area contributed by atoms with Crippen molar-refractivity contribution in [2.24, 2.45) is 18.7 Å². The van der Waals surface area contributed by atoms with Gasteiger partial charge in [0, 0.05) is 74.4 Å². The quantitative estimate of drug-likeness (QED) is 0.0876. The number of amides is 5. The summed E-state index contributed by atoms with van der Waals surface area (Å²) in [4.78, 5) is 87.0. The number of nitrogens with one attached hydrogen (secondary N) is 2. The minimum atomic E-state index is -1.22. The van der Waals surface area contributed by atoms with Crippen LogP contribution in [0, 0.1) is 5.92 Å². The molecule has 8 rings (SSSR count). The summed E-state index contributed by atoms with van der Waals surface area (Å²) in [6.45, 7) is 2.81. The van der Waals surface area contributed by atoms with Crippen LogP contribution in [0.4, 0.5) is 0 Å². The molecule has 0 spiro atoms. The van der Waals surface area contributed by atoms with Crippen LogP contribution >= 0.6 is 23.2 Å².